The van der Waals surface area contributed by atoms with Crippen LogP contribution in [0, 0.1) is 0 Å². The van der Waals surface area contributed by atoms with Crippen LogP contribution >= 0.6 is 0 Å². The van der Waals surface area contributed by atoms with Gasteiger partial charge >= 0.3 is 0 Å². The minimum absolute atomic E-state index is 0.190. The molecule has 0 aliphatic heterocycles. The molecule has 0 fully saturated rings. The molecular weight excluding hydrogens is 326 g/mol. The van der Waals surface area contributed by atoms with Crippen molar-refractivity contribution >= 4 is 11.7 Å². The minimum Gasteiger partial charge on any atom is -0.391 e. The zero-order valence-electron chi connectivity index (χ0n) is 15.2. The molecule has 1 aromatic heterocycles. The van der Waals surface area contributed by atoms with Gasteiger partial charge in [0, 0.05) is 12.5 Å². The zero-order chi connectivity index (χ0) is 18.7. The van der Waals surface area contributed by atoms with Gasteiger partial charge in [-0.05, 0) is 19.4 Å². The fourth-order valence-electron chi connectivity index (χ4n) is 2.79. The van der Waals surface area contributed by atoms with E-state index in [-0.39, 0.29) is 11.9 Å². The smallest absolute Gasteiger partial charge is 0.245 e. The van der Waals surface area contributed by atoms with E-state index in [1.54, 1.807) is 6.92 Å². The molecule has 2 atom stereocenters. The zero-order valence-corrected chi connectivity index (χ0v) is 15.2. The fourth-order valence-corrected chi connectivity index (χ4v) is 2.79. The van der Waals surface area contributed by atoms with Crippen LogP contribution in [0.2, 0.25) is 0 Å². The van der Waals surface area contributed by atoms with Crippen LogP contribution in [0.15, 0.2) is 60.7 Å². The number of aliphatic hydroxyl groups is 1. The highest BCUT2D eigenvalue weighted by Crippen LogP contribution is 2.38. The Labute approximate surface area is 153 Å². The highest BCUT2D eigenvalue weighted by Gasteiger charge is 2.24. The van der Waals surface area contributed by atoms with E-state index in [0.717, 1.165) is 22.4 Å². The maximum absolute atomic E-state index is 12.2. The van der Waals surface area contributed by atoms with E-state index in [2.05, 4.69) is 10.4 Å². The monoisotopic (exact) mass is 349 g/mol. The van der Waals surface area contributed by atoms with E-state index < -0.39 is 6.10 Å². The molecule has 2 aromatic carbocycles. The Balaban J connectivity index is 2.26. The van der Waals surface area contributed by atoms with Crippen molar-refractivity contribution in [2.45, 2.75) is 32.9 Å². The Morgan fingerprint density at radius 2 is 1.54 bits per heavy atom. The van der Waals surface area contributed by atoms with Crippen molar-refractivity contribution in [3.05, 3.63) is 60.7 Å². The minimum atomic E-state index is -0.575. The Morgan fingerprint density at radius 3 is 2.04 bits per heavy atom. The van der Waals surface area contributed by atoms with Gasteiger partial charge in [-0.15, -0.1) is 0 Å². The van der Waals surface area contributed by atoms with Crippen LogP contribution in [0.3, 0.4) is 0 Å². The van der Waals surface area contributed by atoms with E-state index in [1.165, 1.54) is 11.6 Å². The highest BCUT2D eigenvalue weighted by atomic mass is 16.3. The van der Waals surface area contributed by atoms with E-state index in [0.29, 0.717) is 5.82 Å². The van der Waals surface area contributed by atoms with E-state index >= 15 is 0 Å². The second-order valence-electron chi connectivity index (χ2n) is 6.41. The van der Waals surface area contributed by atoms with Crippen molar-refractivity contribution in [2.75, 3.05) is 5.32 Å². The Bertz CT molecular complexity index is 886. The second kappa shape index (κ2) is 7.54. The standard InChI is InChI=1S/C21H23N3O2/c1-14(15(2)25)22-21-19(17-10-6-4-7-11-17)20(23-24(21)16(3)26)18-12-8-5-9-13-18/h4-15,22,25H,1-3H3/t14-,15?/m0/s1. The summed E-state index contributed by atoms with van der Waals surface area (Å²) in [7, 11) is 0. The van der Waals surface area contributed by atoms with Gasteiger partial charge in [-0.3, -0.25) is 4.79 Å². The normalized spacial score (nSPS) is 13.2. The van der Waals surface area contributed by atoms with Crippen LogP contribution in [0.5, 0.6) is 0 Å². The van der Waals surface area contributed by atoms with E-state index in [4.69, 9.17) is 0 Å². The van der Waals surface area contributed by atoms with Gasteiger partial charge in [0.15, 0.2) is 0 Å². The summed E-state index contributed by atoms with van der Waals surface area (Å²) in [4.78, 5) is 12.2. The lowest BCUT2D eigenvalue weighted by Crippen LogP contribution is -2.30. The number of carbonyl (C=O) groups excluding carboxylic acids is 1. The number of aliphatic hydroxyl groups excluding tert-OH is 1. The molecule has 0 bridgehead atoms. The summed E-state index contributed by atoms with van der Waals surface area (Å²) in [6, 6.07) is 19.4. The van der Waals surface area contributed by atoms with Crippen LogP contribution < -0.4 is 5.32 Å². The topological polar surface area (TPSA) is 67.2 Å². The Hall–Kier alpha value is -2.92. The second-order valence-corrected chi connectivity index (χ2v) is 6.41. The molecule has 0 amide bonds. The molecule has 0 spiro atoms. The molecule has 134 valence electrons. The van der Waals surface area contributed by atoms with Gasteiger partial charge in [-0.2, -0.15) is 9.78 Å². The SMILES string of the molecule is CC(=O)n1nc(-c2ccccc2)c(-c2ccccc2)c1N[C@@H](C)C(C)O. The molecule has 1 unspecified atom stereocenters. The Kier molecular flexibility index (Phi) is 5.19. The van der Waals surface area contributed by atoms with Crippen LogP contribution in [-0.2, 0) is 0 Å². The third-order valence-electron chi connectivity index (χ3n) is 4.38. The van der Waals surface area contributed by atoms with Crippen molar-refractivity contribution in [1.29, 1.82) is 0 Å². The first-order valence-electron chi connectivity index (χ1n) is 8.68. The molecule has 0 saturated heterocycles. The lowest BCUT2D eigenvalue weighted by molar-refractivity contribution is 0.0923. The van der Waals surface area contributed by atoms with Crippen LogP contribution in [0.1, 0.15) is 25.6 Å². The average Bonchev–Trinajstić information content (AvgIpc) is 3.02. The molecule has 3 aromatic rings. The summed E-state index contributed by atoms with van der Waals surface area (Å²) in [6.07, 6.45) is -0.575. The highest BCUT2D eigenvalue weighted by molar-refractivity contribution is 5.94. The first-order chi connectivity index (χ1) is 12.5. The van der Waals surface area contributed by atoms with Gasteiger partial charge in [0.25, 0.3) is 0 Å². The lowest BCUT2D eigenvalue weighted by Gasteiger charge is -2.19. The molecule has 0 aliphatic carbocycles. The number of nitrogens with zero attached hydrogens (tertiary/aromatic N) is 2. The molecule has 0 radical (unpaired) electrons. The van der Waals surface area contributed by atoms with Crippen molar-refractivity contribution in [1.82, 2.24) is 9.78 Å². The Morgan fingerprint density at radius 1 is 1.00 bits per heavy atom. The summed E-state index contributed by atoms with van der Waals surface area (Å²) in [6.45, 7) is 5.07. The van der Waals surface area contributed by atoms with Crippen LogP contribution in [-0.4, -0.2) is 32.9 Å². The predicted molar refractivity (Wildman–Crippen MR) is 104 cm³/mol. The molecule has 5 nitrogen and oxygen atoms in total. The number of nitrogens with one attached hydrogen (secondary N) is 1. The van der Waals surface area contributed by atoms with Gasteiger partial charge in [-0.1, -0.05) is 60.7 Å². The van der Waals surface area contributed by atoms with Gasteiger partial charge in [-0.25, -0.2) is 0 Å². The fraction of sp³-hybridized carbons (Fsp3) is 0.238. The molecule has 3 rings (SSSR count). The first-order valence-corrected chi connectivity index (χ1v) is 8.68. The number of benzene rings is 2. The van der Waals surface area contributed by atoms with Gasteiger partial charge in [0.1, 0.15) is 11.5 Å². The predicted octanol–water partition coefficient (Wildman–Crippen LogP) is 4.06. The number of hydrogen-bond acceptors (Lipinski definition) is 4. The van der Waals surface area contributed by atoms with Crippen LogP contribution in [0.25, 0.3) is 22.4 Å². The number of aromatic nitrogens is 2. The number of hydrogen-bond donors (Lipinski definition) is 2. The summed E-state index contributed by atoms with van der Waals surface area (Å²) < 4.78 is 1.38. The third-order valence-corrected chi connectivity index (χ3v) is 4.38. The largest absolute Gasteiger partial charge is 0.391 e. The molecule has 0 aliphatic rings. The van der Waals surface area contributed by atoms with Crippen molar-refractivity contribution < 1.29 is 9.90 Å². The lowest BCUT2D eigenvalue weighted by atomic mass is 10.0. The molecule has 26 heavy (non-hydrogen) atoms. The number of carbonyl (C=O) groups is 1. The molecular formula is C21H23N3O2. The van der Waals surface area contributed by atoms with Crippen LogP contribution in [0.4, 0.5) is 5.82 Å². The van der Waals surface area contributed by atoms with E-state index in [9.17, 15) is 9.90 Å². The molecule has 5 heteroatoms. The van der Waals surface area contributed by atoms with Crippen molar-refractivity contribution in [3.63, 3.8) is 0 Å². The summed E-state index contributed by atoms with van der Waals surface area (Å²) in [5.41, 5.74) is 3.46. The number of rotatable bonds is 5. The molecule has 1 heterocycles. The quantitative estimate of drug-likeness (QED) is 0.729. The number of anilines is 1. The van der Waals surface area contributed by atoms with Crippen molar-refractivity contribution in [3.8, 4) is 22.4 Å². The van der Waals surface area contributed by atoms with Gasteiger partial charge in [0.2, 0.25) is 5.91 Å². The summed E-state index contributed by atoms with van der Waals surface area (Å²) in [5, 5.41) is 17.8. The summed E-state index contributed by atoms with van der Waals surface area (Å²) >= 11 is 0. The summed E-state index contributed by atoms with van der Waals surface area (Å²) in [5.74, 6) is 0.403. The average molecular weight is 349 g/mol. The first kappa shape index (κ1) is 17.9. The maximum Gasteiger partial charge on any atom is 0.245 e. The van der Waals surface area contributed by atoms with Crippen molar-refractivity contribution in [2.24, 2.45) is 0 Å². The van der Waals surface area contributed by atoms with Gasteiger partial charge in [0.05, 0.1) is 17.7 Å². The van der Waals surface area contributed by atoms with E-state index in [1.807, 2.05) is 67.6 Å². The van der Waals surface area contributed by atoms with Gasteiger partial charge < -0.3 is 10.4 Å². The molecule has 2 N–H and O–H groups in total. The maximum atomic E-state index is 12.2. The third kappa shape index (κ3) is 3.53. The molecule has 0 saturated carbocycles.